The van der Waals surface area contributed by atoms with Gasteiger partial charge in [-0.2, -0.15) is 0 Å². The number of hydrogen-bond acceptors (Lipinski definition) is 6. The van der Waals surface area contributed by atoms with Gasteiger partial charge in [-0.15, -0.1) is 24.5 Å². The van der Waals surface area contributed by atoms with Crippen LogP contribution in [0.3, 0.4) is 0 Å². The number of aliphatic carboxylic acids is 1. The molecule has 0 radical (unpaired) electrons. The first-order chi connectivity index (χ1) is 18.9. The number of para-hydroxylation sites is 1. The number of ether oxygens (including phenoxy) is 1. The normalized spacial score (nSPS) is 13.1. The molecule has 4 aromatic rings. The van der Waals surface area contributed by atoms with Crippen molar-refractivity contribution in [1.29, 1.82) is 0 Å². The Morgan fingerprint density at radius 1 is 1.05 bits per heavy atom. The zero-order valence-corrected chi connectivity index (χ0v) is 22.0. The number of nitrogens with one attached hydrogen (secondary N) is 2. The molecular weight excluding hydrogens is 549 g/mol. The topological polar surface area (TPSA) is 129 Å². The number of aromatic amines is 1. The van der Waals surface area contributed by atoms with Gasteiger partial charge in [0.25, 0.3) is 5.91 Å². The summed E-state index contributed by atoms with van der Waals surface area (Å²) in [7, 11) is 0. The number of amides is 1. The summed E-state index contributed by atoms with van der Waals surface area (Å²) in [5.74, 6) is -3.12. The van der Waals surface area contributed by atoms with Crippen molar-refractivity contribution in [2.24, 2.45) is 0 Å². The van der Waals surface area contributed by atoms with E-state index in [9.17, 15) is 32.7 Å². The number of ketones is 1. The van der Waals surface area contributed by atoms with Crippen molar-refractivity contribution in [3.8, 4) is 16.2 Å². The molecule has 2 aromatic carbocycles. The number of fused-ring (bicyclic) bond motifs is 1. The molecule has 12 heteroatoms. The lowest BCUT2D eigenvalue weighted by atomic mass is 9.92. The fraction of sp³-hybridized carbons (Fsp3) is 0.250. The van der Waals surface area contributed by atoms with E-state index < -0.39 is 41.7 Å². The first-order valence-corrected chi connectivity index (χ1v) is 12.9. The molecule has 0 aliphatic rings. The Morgan fingerprint density at radius 2 is 1.80 bits per heavy atom. The number of Topliss-reactive ketones (excluding diaryl/α,β-unsaturated/α-hetero) is 1. The van der Waals surface area contributed by atoms with Crippen LogP contribution in [0.5, 0.6) is 5.75 Å². The second-order valence-electron chi connectivity index (χ2n) is 9.45. The summed E-state index contributed by atoms with van der Waals surface area (Å²) in [4.78, 5) is 40.3. The second-order valence-corrected chi connectivity index (χ2v) is 10.5. The SMILES string of the molecule is CC(CO)(Cc1c[nH]c2ccccc12)NC(=O)c1cc(-c2ccc(C(=O)CCC(=O)O)s2)ccc1OC(F)(F)F. The molecule has 210 valence electrons. The minimum Gasteiger partial charge on any atom is -0.481 e. The van der Waals surface area contributed by atoms with Gasteiger partial charge < -0.3 is 25.3 Å². The Labute approximate surface area is 230 Å². The molecule has 1 atom stereocenters. The van der Waals surface area contributed by atoms with E-state index >= 15 is 0 Å². The predicted molar refractivity (Wildman–Crippen MR) is 143 cm³/mol. The number of alkyl halides is 3. The number of thiophene rings is 1. The molecule has 4 rings (SSSR count). The van der Waals surface area contributed by atoms with Crippen LogP contribution in [0.15, 0.2) is 60.8 Å². The van der Waals surface area contributed by atoms with Crippen LogP contribution in [0.25, 0.3) is 21.3 Å². The molecule has 8 nitrogen and oxygen atoms in total. The number of carboxylic acids is 1. The number of H-pyrrole nitrogens is 1. The molecule has 0 fully saturated rings. The van der Waals surface area contributed by atoms with Gasteiger partial charge in [-0.05, 0) is 60.9 Å². The zero-order chi connectivity index (χ0) is 29.1. The molecule has 40 heavy (non-hydrogen) atoms. The largest absolute Gasteiger partial charge is 0.573 e. The third-order valence-electron chi connectivity index (χ3n) is 6.20. The lowest BCUT2D eigenvalue weighted by molar-refractivity contribution is -0.274. The first kappa shape index (κ1) is 28.8. The van der Waals surface area contributed by atoms with E-state index in [-0.39, 0.29) is 29.9 Å². The summed E-state index contributed by atoms with van der Waals surface area (Å²) in [6.07, 6.45) is -3.66. The van der Waals surface area contributed by atoms with Gasteiger partial charge in [0.05, 0.1) is 29.0 Å². The molecular formula is C28H25F3N2O6S. The molecule has 4 N–H and O–H groups in total. The number of halogens is 3. The maximum atomic E-state index is 13.4. The Kier molecular flexibility index (Phi) is 8.31. The van der Waals surface area contributed by atoms with E-state index in [0.717, 1.165) is 33.9 Å². The van der Waals surface area contributed by atoms with Crippen LogP contribution in [0.4, 0.5) is 13.2 Å². The molecule has 2 aromatic heterocycles. The number of carbonyl (C=O) groups is 3. The van der Waals surface area contributed by atoms with Gasteiger partial charge in [0.1, 0.15) is 5.75 Å². The van der Waals surface area contributed by atoms with E-state index in [1.54, 1.807) is 19.2 Å². The lowest BCUT2D eigenvalue weighted by Crippen LogP contribution is -2.50. The van der Waals surface area contributed by atoms with Gasteiger partial charge in [-0.3, -0.25) is 14.4 Å². The molecule has 0 bridgehead atoms. The summed E-state index contributed by atoms with van der Waals surface area (Å²) in [6.45, 7) is 1.08. The number of aromatic nitrogens is 1. The maximum Gasteiger partial charge on any atom is 0.573 e. The Balaban J connectivity index is 1.63. The van der Waals surface area contributed by atoms with Crippen LogP contribution in [-0.4, -0.2) is 51.4 Å². The minimum absolute atomic E-state index is 0.182. The average molecular weight is 575 g/mol. The van der Waals surface area contributed by atoms with Crippen molar-refractivity contribution < 1.29 is 42.5 Å². The number of aliphatic hydroxyl groups excluding tert-OH is 1. The number of carboxylic acid groups (broad SMARTS) is 1. The smallest absolute Gasteiger partial charge is 0.481 e. The quantitative estimate of drug-likeness (QED) is 0.174. The van der Waals surface area contributed by atoms with Crippen LogP contribution in [0, 0.1) is 0 Å². The number of carbonyl (C=O) groups excluding carboxylic acids is 2. The Hall–Kier alpha value is -4.16. The predicted octanol–water partition coefficient (Wildman–Crippen LogP) is 5.57. The number of aliphatic hydroxyl groups is 1. The molecule has 0 saturated carbocycles. The van der Waals surface area contributed by atoms with Crippen LogP contribution < -0.4 is 10.1 Å². The van der Waals surface area contributed by atoms with E-state index in [1.807, 2.05) is 24.3 Å². The van der Waals surface area contributed by atoms with Crippen molar-refractivity contribution in [3.63, 3.8) is 0 Å². The van der Waals surface area contributed by atoms with E-state index in [1.165, 1.54) is 18.2 Å². The van der Waals surface area contributed by atoms with Crippen molar-refractivity contribution in [3.05, 3.63) is 76.8 Å². The average Bonchev–Trinajstić information content (AvgIpc) is 3.54. The van der Waals surface area contributed by atoms with Gasteiger partial charge >= 0.3 is 12.3 Å². The highest BCUT2D eigenvalue weighted by atomic mass is 32.1. The number of rotatable bonds is 11. The summed E-state index contributed by atoms with van der Waals surface area (Å²) < 4.78 is 43.6. The van der Waals surface area contributed by atoms with Gasteiger partial charge in [0.15, 0.2) is 5.78 Å². The number of hydrogen-bond donors (Lipinski definition) is 4. The van der Waals surface area contributed by atoms with Crippen molar-refractivity contribution in [2.45, 2.75) is 38.1 Å². The van der Waals surface area contributed by atoms with Crippen molar-refractivity contribution in [2.75, 3.05) is 6.61 Å². The van der Waals surface area contributed by atoms with Crippen molar-refractivity contribution in [1.82, 2.24) is 10.3 Å². The van der Waals surface area contributed by atoms with E-state index in [4.69, 9.17) is 5.11 Å². The zero-order valence-electron chi connectivity index (χ0n) is 21.2. The monoisotopic (exact) mass is 574 g/mol. The minimum atomic E-state index is -5.06. The highest BCUT2D eigenvalue weighted by Crippen LogP contribution is 2.35. The molecule has 0 spiro atoms. The van der Waals surface area contributed by atoms with Gasteiger partial charge in [0, 0.05) is 28.4 Å². The summed E-state index contributed by atoms with van der Waals surface area (Å²) >= 11 is 1.03. The van der Waals surface area contributed by atoms with Crippen LogP contribution in [-0.2, 0) is 11.2 Å². The maximum absolute atomic E-state index is 13.4. The molecule has 0 saturated heterocycles. The number of benzene rings is 2. The highest BCUT2D eigenvalue weighted by Gasteiger charge is 2.35. The fourth-order valence-electron chi connectivity index (χ4n) is 4.24. The van der Waals surface area contributed by atoms with E-state index in [2.05, 4.69) is 15.0 Å². The highest BCUT2D eigenvalue weighted by molar-refractivity contribution is 7.17. The van der Waals surface area contributed by atoms with Gasteiger partial charge in [-0.25, -0.2) is 0 Å². The van der Waals surface area contributed by atoms with Crippen LogP contribution in [0.2, 0.25) is 0 Å². The third kappa shape index (κ3) is 6.88. The third-order valence-corrected chi connectivity index (χ3v) is 7.38. The standard InChI is InChI=1S/C28H25F3N2O6S/c1-27(15-34,13-17-14-32-20-5-3-2-4-18(17)20)33-26(38)19-12-16(6-8-22(19)39-28(29,30)31)23-9-10-24(40-23)21(35)7-11-25(36)37/h2-6,8-10,12,14,32,34H,7,11,13,15H2,1H3,(H,33,38)(H,36,37). The van der Waals surface area contributed by atoms with Gasteiger partial charge in [-0.1, -0.05) is 18.2 Å². The molecule has 0 aliphatic heterocycles. The van der Waals surface area contributed by atoms with E-state index in [0.29, 0.717) is 10.4 Å². The molecule has 1 unspecified atom stereocenters. The molecule has 2 heterocycles. The Morgan fingerprint density at radius 3 is 2.50 bits per heavy atom. The lowest BCUT2D eigenvalue weighted by Gasteiger charge is -2.29. The summed E-state index contributed by atoms with van der Waals surface area (Å²) in [5.41, 5.74) is 0.353. The van der Waals surface area contributed by atoms with Crippen LogP contribution >= 0.6 is 11.3 Å². The molecule has 1 amide bonds. The molecule has 0 aliphatic carbocycles. The fourth-order valence-corrected chi connectivity index (χ4v) is 5.21. The first-order valence-electron chi connectivity index (χ1n) is 12.1. The van der Waals surface area contributed by atoms with Crippen molar-refractivity contribution >= 4 is 39.9 Å². The summed E-state index contributed by atoms with van der Waals surface area (Å²) in [6, 6.07) is 14.1. The van der Waals surface area contributed by atoms with Crippen LogP contribution in [0.1, 0.15) is 45.4 Å². The van der Waals surface area contributed by atoms with Gasteiger partial charge in [0.2, 0.25) is 0 Å². The summed E-state index contributed by atoms with van der Waals surface area (Å²) in [5, 5.41) is 22.5. The second kappa shape index (κ2) is 11.5. The Bertz CT molecular complexity index is 1560.